The lowest BCUT2D eigenvalue weighted by molar-refractivity contribution is 0.0309. The molecule has 4 rings (SSSR count). The third kappa shape index (κ3) is 3.92. The minimum absolute atomic E-state index is 0.452. The Hall–Kier alpha value is -1.10. The van der Waals surface area contributed by atoms with E-state index in [1.165, 1.54) is 76.7 Å². The molecular weight excluding hydrogens is 322 g/mol. The monoisotopic (exact) mass is 357 g/mol. The molecule has 3 fully saturated rings. The third-order valence-corrected chi connectivity index (χ3v) is 6.80. The van der Waals surface area contributed by atoms with Crippen LogP contribution in [0.2, 0.25) is 0 Å². The molecule has 0 amide bonds. The largest absolute Gasteiger partial charge is 0.496 e. The van der Waals surface area contributed by atoms with E-state index in [1.807, 2.05) is 0 Å². The Morgan fingerprint density at radius 2 is 1.62 bits per heavy atom. The summed E-state index contributed by atoms with van der Waals surface area (Å²) >= 11 is 0. The van der Waals surface area contributed by atoms with Crippen molar-refractivity contribution >= 4 is 0 Å². The molecule has 1 saturated carbocycles. The van der Waals surface area contributed by atoms with E-state index in [2.05, 4.69) is 39.4 Å². The number of benzene rings is 1. The van der Waals surface area contributed by atoms with E-state index in [4.69, 9.17) is 4.74 Å². The van der Waals surface area contributed by atoms with Gasteiger partial charge in [0, 0.05) is 43.7 Å². The zero-order valence-corrected chi connectivity index (χ0v) is 16.3. The molecule has 26 heavy (non-hydrogen) atoms. The van der Waals surface area contributed by atoms with Crippen LogP contribution in [0.25, 0.3) is 0 Å². The van der Waals surface area contributed by atoms with Crippen LogP contribution in [0.5, 0.6) is 5.75 Å². The fourth-order valence-electron chi connectivity index (χ4n) is 5.38. The van der Waals surface area contributed by atoms with E-state index in [9.17, 15) is 0 Å². The van der Waals surface area contributed by atoms with E-state index in [0.29, 0.717) is 12.1 Å². The van der Waals surface area contributed by atoms with Crippen LogP contribution in [0.4, 0.5) is 0 Å². The molecule has 2 heterocycles. The Morgan fingerprint density at radius 3 is 2.38 bits per heavy atom. The Kier molecular flexibility index (Phi) is 6.13. The van der Waals surface area contributed by atoms with E-state index in [0.717, 1.165) is 18.3 Å². The van der Waals surface area contributed by atoms with Crippen molar-refractivity contribution in [2.75, 3.05) is 39.8 Å². The molecule has 0 bridgehead atoms. The predicted molar refractivity (Wildman–Crippen MR) is 107 cm³/mol. The lowest BCUT2D eigenvalue weighted by Crippen LogP contribution is -2.59. The molecule has 1 aliphatic carbocycles. The van der Waals surface area contributed by atoms with Gasteiger partial charge in [-0.3, -0.25) is 9.80 Å². The molecule has 4 nitrogen and oxygen atoms in total. The number of methoxy groups -OCH3 is 1. The zero-order chi connectivity index (χ0) is 17.8. The van der Waals surface area contributed by atoms with Gasteiger partial charge in [0.2, 0.25) is 0 Å². The van der Waals surface area contributed by atoms with Gasteiger partial charge in [-0.2, -0.15) is 0 Å². The molecule has 0 spiro atoms. The lowest BCUT2D eigenvalue weighted by Gasteiger charge is -2.47. The van der Waals surface area contributed by atoms with Gasteiger partial charge in [-0.05, 0) is 38.3 Å². The maximum atomic E-state index is 5.68. The first-order valence-electron chi connectivity index (χ1n) is 10.7. The molecule has 4 heteroatoms. The minimum Gasteiger partial charge on any atom is -0.496 e. The third-order valence-electron chi connectivity index (χ3n) is 6.80. The fourth-order valence-corrected chi connectivity index (χ4v) is 5.38. The van der Waals surface area contributed by atoms with E-state index in [-0.39, 0.29) is 0 Å². The standard InChI is InChI=1S/C22H35N3O/c1-26-21-12-6-5-10-19(21)20-11-7-13-23-22(20)25-16-14-24(15-17-25)18-8-3-2-4-9-18/h5-6,10,12,18,20,22-23H,2-4,7-9,11,13-17H2,1H3/t20-,22-/m1/s1. The van der Waals surface area contributed by atoms with Gasteiger partial charge in [0.25, 0.3) is 0 Å². The molecule has 144 valence electrons. The van der Waals surface area contributed by atoms with Crippen molar-refractivity contribution in [1.82, 2.24) is 15.1 Å². The smallest absolute Gasteiger partial charge is 0.122 e. The summed E-state index contributed by atoms with van der Waals surface area (Å²) in [7, 11) is 1.80. The molecule has 2 atom stereocenters. The summed E-state index contributed by atoms with van der Waals surface area (Å²) in [6.45, 7) is 6.00. The highest BCUT2D eigenvalue weighted by atomic mass is 16.5. The Balaban J connectivity index is 1.42. The van der Waals surface area contributed by atoms with E-state index < -0.39 is 0 Å². The number of hydrogen-bond acceptors (Lipinski definition) is 4. The van der Waals surface area contributed by atoms with Crippen molar-refractivity contribution < 1.29 is 4.74 Å². The molecule has 3 aliphatic rings. The quantitative estimate of drug-likeness (QED) is 0.893. The van der Waals surface area contributed by atoms with Crippen LogP contribution >= 0.6 is 0 Å². The first-order valence-corrected chi connectivity index (χ1v) is 10.7. The first kappa shape index (κ1) is 18.3. The number of ether oxygens (including phenoxy) is 1. The van der Waals surface area contributed by atoms with Crippen molar-refractivity contribution in [3.63, 3.8) is 0 Å². The summed E-state index contributed by atoms with van der Waals surface area (Å²) < 4.78 is 5.68. The average Bonchev–Trinajstić information content (AvgIpc) is 2.74. The van der Waals surface area contributed by atoms with Crippen molar-refractivity contribution in [2.45, 2.75) is 63.1 Å². The molecule has 0 unspecified atom stereocenters. The number of piperidine rings is 1. The molecule has 1 N–H and O–H groups in total. The molecule has 0 aromatic heterocycles. The summed E-state index contributed by atoms with van der Waals surface area (Å²) in [5.74, 6) is 1.58. The first-order chi connectivity index (χ1) is 12.9. The number of para-hydroxylation sites is 1. The number of nitrogens with zero attached hydrogens (tertiary/aromatic N) is 2. The molecule has 2 aliphatic heterocycles. The highest BCUT2D eigenvalue weighted by molar-refractivity contribution is 5.37. The zero-order valence-electron chi connectivity index (χ0n) is 16.3. The SMILES string of the molecule is COc1ccccc1[C@H]1CCCN[C@@H]1N1CCN(C2CCCCC2)CC1. The Bertz CT molecular complexity index is 564. The minimum atomic E-state index is 0.452. The second-order valence-electron chi connectivity index (χ2n) is 8.25. The van der Waals surface area contributed by atoms with Crippen LogP contribution in [0.15, 0.2) is 24.3 Å². The normalized spacial score (nSPS) is 29.6. The topological polar surface area (TPSA) is 27.7 Å². The molecule has 1 aromatic rings. The number of hydrogen-bond donors (Lipinski definition) is 1. The van der Waals surface area contributed by atoms with Gasteiger partial charge in [-0.25, -0.2) is 0 Å². The fraction of sp³-hybridized carbons (Fsp3) is 0.727. The van der Waals surface area contributed by atoms with Crippen molar-refractivity contribution in [3.8, 4) is 5.75 Å². The Labute approximate surface area is 158 Å². The molecular formula is C22H35N3O. The Morgan fingerprint density at radius 1 is 0.885 bits per heavy atom. The highest BCUT2D eigenvalue weighted by Crippen LogP contribution is 2.36. The maximum Gasteiger partial charge on any atom is 0.122 e. The number of nitrogens with one attached hydrogen (secondary N) is 1. The van der Waals surface area contributed by atoms with E-state index >= 15 is 0 Å². The van der Waals surface area contributed by atoms with Gasteiger partial charge < -0.3 is 10.1 Å². The van der Waals surface area contributed by atoms with Crippen molar-refractivity contribution in [3.05, 3.63) is 29.8 Å². The van der Waals surface area contributed by atoms with Gasteiger partial charge in [0.05, 0.1) is 13.3 Å². The second-order valence-corrected chi connectivity index (χ2v) is 8.25. The van der Waals surface area contributed by atoms with Crippen molar-refractivity contribution in [1.29, 1.82) is 0 Å². The van der Waals surface area contributed by atoms with Gasteiger partial charge in [0.15, 0.2) is 0 Å². The summed E-state index contributed by atoms with van der Waals surface area (Å²) in [6.07, 6.45) is 10.1. The van der Waals surface area contributed by atoms with Crippen LogP contribution in [0, 0.1) is 0 Å². The van der Waals surface area contributed by atoms with Gasteiger partial charge in [0.1, 0.15) is 5.75 Å². The molecule has 2 saturated heterocycles. The van der Waals surface area contributed by atoms with Crippen LogP contribution < -0.4 is 10.1 Å². The molecule has 1 aromatic carbocycles. The van der Waals surface area contributed by atoms with Crippen LogP contribution in [0.1, 0.15) is 56.4 Å². The van der Waals surface area contributed by atoms with Crippen LogP contribution in [0.3, 0.4) is 0 Å². The second kappa shape index (κ2) is 8.73. The summed E-state index contributed by atoms with van der Waals surface area (Å²) in [4.78, 5) is 5.48. The van der Waals surface area contributed by atoms with Gasteiger partial charge in [-0.1, -0.05) is 37.5 Å². The summed E-state index contributed by atoms with van der Waals surface area (Å²) in [5, 5.41) is 3.83. The maximum absolute atomic E-state index is 5.68. The van der Waals surface area contributed by atoms with Crippen molar-refractivity contribution in [2.24, 2.45) is 0 Å². The van der Waals surface area contributed by atoms with Gasteiger partial charge in [-0.15, -0.1) is 0 Å². The average molecular weight is 358 g/mol. The van der Waals surface area contributed by atoms with Crippen LogP contribution in [-0.4, -0.2) is 61.8 Å². The summed E-state index contributed by atoms with van der Waals surface area (Å²) in [6, 6.07) is 9.47. The van der Waals surface area contributed by atoms with Gasteiger partial charge >= 0.3 is 0 Å². The van der Waals surface area contributed by atoms with E-state index in [1.54, 1.807) is 7.11 Å². The predicted octanol–water partition coefficient (Wildman–Crippen LogP) is 3.44. The highest BCUT2D eigenvalue weighted by Gasteiger charge is 2.35. The van der Waals surface area contributed by atoms with Crippen LogP contribution in [-0.2, 0) is 0 Å². The lowest BCUT2D eigenvalue weighted by atomic mass is 9.86. The summed E-state index contributed by atoms with van der Waals surface area (Å²) in [5.41, 5.74) is 1.38. The number of rotatable bonds is 4. The molecule has 0 radical (unpaired) electrons. The number of piperazine rings is 1.